The number of hydrogen-bond donors (Lipinski definition) is 2. The van der Waals surface area contributed by atoms with Gasteiger partial charge in [-0.05, 0) is 24.0 Å². The minimum Gasteiger partial charge on any atom is -0.467 e. The molecule has 140 valence electrons. The number of aliphatic hydroxyl groups is 1. The fraction of sp³-hybridized carbons (Fsp3) is 0.529. The van der Waals surface area contributed by atoms with E-state index in [9.17, 15) is 27.9 Å². The SMILES string of the molecule is COC(=O)[C@H](Cc1ccccc1C(F)(F)F)NC(=O)[C@H](O)CC(C)C. The van der Waals surface area contributed by atoms with E-state index in [-0.39, 0.29) is 17.9 Å². The van der Waals surface area contributed by atoms with Crippen molar-refractivity contribution in [2.75, 3.05) is 7.11 Å². The summed E-state index contributed by atoms with van der Waals surface area (Å²) >= 11 is 0. The molecule has 1 aromatic rings. The average molecular weight is 361 g/mol. The molecule has 1 rings (SSSR count). The third kappa shape index (κ3) is 6.38. The van der Waals surface area contributed by atoms with Crippen molar-refractivity contribution in [3.05, 3.63) is 35.4 Å². The van der Waals surface area contributed by atoms with Crippen LogP contribution < -0.4 is 5.32 Å². The van der Waals surface area contributed by atoms with E-state index in [1.807, 2.05) is 0 Å². The molecule has 0 aromatic heterocycles. The van der Waals surface area contributed by atoms with E-state index in [4.69, 9.17) is 0 Å². The number of aliphatic hydroxyl groups excluding tert-OH is 1. The average Bonchev–Trinajstić information content (AvgIpc) is 2.52. The summed E-state index contributed by atoms with van der Waals surface area (Å²) in [5, 5.41) is 12.1. The minimum absolute atomic E-state index is 0.0308. The molecule has 0 aliphatic carbocycles. The Morgan fingerprint density at radius 1 is 1.24 bits per heavy atom. The first-order valence-corrected chi connectivity index (χ1v) is 7.77. The summed E-state index contributed by atoms with van der Waals surface area (Å²) in [7, 11) is 1.07. The van der Waals surface area contributed by atoms with Gasteiger partial charge in [0.15, 0.2) is 0 Å². The van der Waals surface area contributed by atoms with Gasteiger partial charge in [-0.15, -0.1) is 0 Å². The highest BCUT2D eigenvalue weighted by Crippen LogP contribution is 2.32. The Hall–Kier alpha value is -2.09. The number of carbonyl (C=O) groups excluding carboxylic acids is 2. The van der Waals surface area contributed by atoms with Crippen molar-refractivity contribution >= 4 is 11.9 Å². The van der Waals surface area contributed by atoms with Gasteiger partial charge < -0.3 is 15.2 Å². The topological polar surface area (TPSA) is 75.6 Å². The summed E-state index contributed by atoms with van der Waals surface area (Å²) < 4.78 is 43.8. The Morgan fingerprint density at radius 3 is 2.36 bits per heavy atom. The van der Waals surface area contributed by atoms with Crippen LogP contribution in [0.3, 0.4) is 0 Å². The lowest BCUT2D eigenvalue weighted by molar-refractivity contribution is -0.147. The number of hydrogen-bond acceptors (Lipinski definition) is 4. The molecular weight excluding hydrogens is 339 g/mol. The quantitative estimate of drug-likeness (QED) is 0.731. The number of halogens is 3. The summed E-state index contributed by atoms with van der Waals surface area (Å²) in [5.41, 5.74) is -1.04. The van der Waals surface area contributed by atoms with Gasteiger partial charge in [0, 0.05) is 6.42 Å². The van der Waals surface area contributed by atoms with E-state index < -0.39 is 42.2 Å². The van der Waals surface area contributed by atoms with Crippen LogP contribution in [0.2, 0.25) is 0 Å². The predicted octanol–water partition coefficient (Wildman–Crippen LogP) is 2.31. The number of methoxy groups -OCH3 is 1. The van der Waals surface area contributed by atoms with Crippen molar-refractivity contribution in [1.82, 2.24) is 5.32 Å². The molecule has 0 aliphatic heterocycles. The molecule has 0 bridgehead atoms. The van der Waals surface area contributed by atoms with Crippen molar-refractivity contribution in [1.29, 1.82) is 0 Å². The van der Waals surface area contributed by atoms with Crippen LogP contribution >= 0.6 is 0 Å². The second-order valence-corrected chi connectivity index (χ2v) is 6.09. The van der Waals surface area contributed by atoms with Crippen LogP contribution in [0, 0.1) is 5.92 Å². The lowest BCUT2D eigenvalue weighted by atomic mass is 9.99. The second kappa shape index (κ2) is 8.84. The maximum Gasteiger partial charge on any atom is 0.416 e. The molecule has 0 saturated heterocycles. The van der Waals surface area contributed by atoms with Crippen molar-refractivity contribution in [2.24, 2.45) is 5.92 Å². The highest BCUT2D eigenvalue weighted by Gasteiger charge is 2.35. The maximum atomic E-state index is 13.1. The zero-order valence-electron chi connectivity index (χ0n) is 14.3. The summed E-state index contributed by atoms with van der Waals surface area (Å²) in [6.07, 6.45) is -6.18. The number of benzene rings is 1. The molecular formula is C17H22F3NO4. The van der Waals surface area contributed by atoms with Crippen LogP contribution in [0.1, 0.15) is 31.4 Å². The summed E-state index contributed by atoms with van der Waals surface area (Å²) in [6.45, 7) is 3.60. The maximum absolute atomic E-state index is 13.1. The second-order valence-electron chi connectivity index (χ2n) is 6.09. The first kappa shape index (κ1) is 21.0. The van der Waals surface area contributed by atoms with Gasteiger partial charge in [0.25, 0.3) is 0 Å². The number of ether oxygens (including phenoxy) is 1. The van der Waals surface area contributed by atoms with Crippen LogP contribution in [-0.2, 0) is 26.9 Å². The Labute approximate surface area is 144 Å². The van der Waals surface area contributed by atoms with Gasteiger partial charge >= 0.3 is 12.1 Å². The van der Waals surface area contributed by atoms with Gasteiger partial charge in [-0.1, -0.05) is 32.0 Å². The zero-order chi connectivity index (χ0) is 19.2. The van der Waals surface area contributed by atoms with Crippen LogP contribution in [0.5, 0.6) is 0 Å². The largest absolute Gasteiger partial charge is 0.467 e. The Bertz CT molecular complexity index is 602. The smallest absolute Gasteiger partial charge is 0.416 e. The van der Waals surface area contributed by atoms with Gasteiger partial charge in [0.2, 0.25) is 5.91 Å². The zero-order valence-corrected chi connectivity index (χ0v) is 14.3. The van der Waals surface area contributed by atoms with Gasteiger partial charge in [0.1, 0.15) is 12.1 Å². The number of esters is 1. The molecule has 0 unspecified atom stereocenters. The van der Waals surface area contributed by atoms with Gasteiger partial charge in [0.05, 0.1) is 12.7 Å². The molecule has 0 radical (unpaired) electrons. The van der Waals surface area contributed by atoms with E-state index in [2.05, 4.69) is 10.1 Å². The molecule has 0 spiro atoms. The van der Waals surface area contributed by atoms with E-state index in [1.54, 1.807) is 13.8 Å². The molecule has 2 atom stereocenters. The molecule has 5 nitrogen and oxygen atoms in total. The van der Waals surface area contributed by atoms with E-state index >= 15 is 0 Å². The predicted molar refractivity (Wildman–Crippen MR) is 84.6 cm³/mol. The Kier molecular flexibility index (Phi) is 7.41. The highest BCUT2D eigenvalue weighted by molar-refractivity contribution is 5.87. The molecule has 2 N–H and O–H groups in total. The lowest BCUT2D eigenvalue weighted by Crippen LogP contribution is -2.47. The number of nitrogens with one attached hydrogen (secondary N) is 1. The number of carbonyl (C=O) groups is 2. The monoisotopic (exact) mass is 361 g/mol. The normalized spacial score (nSPS) is 14.1. The van der Waals surface area contributed by atoms with Gasteiger partial charge in [-0.25, -0.2) is 4.79 Å². The molecule has 8 heteroatoms. The summed E-state index contributed by atoms with van der Waals surface area (Å²) in [5.74, 6) is -1.68. The molecule has 1 aromatic carbocycles. The van der Waals surface area contributed by atoms with Crippen molar-refractivity contribution in [3.8, 4) is 0 Å². The molecule has 1 amide bonds. The van der Waals surface area contributed by atoms with Gasteiger partial charge in [-0.2, -0.15) is 13.2 Å². The number of amides is 1. The van der Waals surface area contributed by atoms with Crippen molar-refractivity contribution in [2.45, 2.75) is 45.0 Å². The highest BCUT2D eigenvalue weighted by atomic mass is 19.4. The lowest BCUT2D eigenvalue weighted by Gasteiger charge is -2.21. The van der Waals surface area contributed by atoms with Crippen LogP contribution in [0.4, 0.5) is 13.2 Å². The van der Waals surface area contributed by atoms with Crippen LogP contribution in [0.15, 0.2) is 24.3 Å². The molecule has 0 heterocycles. The summed E-state index contributed by atoms with van der Waals surface area (Å²) in [6, 6.07) is 3.45. The molecule has 25 heavy (non-hydrogen) atoms. The van der Waals surface area contributed by atoms with Gasteiger partial charge in [-0.3, -0.25) is 4.79 Å². The van der Waals surface area contributed by atoms with Crippen molar-refractivity contribution in [3.63, 3.8) is 0 Å². The minimum atomic E-state index is -4.58. The Balaban J connectivity index is 2.99. The van der Waals surface area contributed by atoms with Crippen LogP contribution in [-0.4, -0.2) is 36.2 Å². The van der Waals surface area contributed by atoms with E-state index in [1.165, 1.54) is 18.2 Å². The molecule has 0 aliphatic rings. The standard InChI is InChI=1S/C17H22F3NO4/c1-10(2)8-14(22)15(23)21-13(16(24)25-3)9-11-6-4-5-7-12(11)17(18,19)20/h4-7,10,13-14,22H,8-9H2,1-3H3,(H,21,23)/t13-,14+/m0/s1. The third-order valence-corrected chi connectivity index (χ3v) is 3.55. The number of rotatable bonds is 7. The summed E-state index contributed by atoms with van der Waals surface area (Å²) in [4.78, 5) is 23.8. The molecule has 0 fully saturated rings. The van der Waals surface area contributed by atoms with Crippen LogP contribution in [0.25, 0.3) is 0 Å². The fourth-order valence-electron chi connectivity index (χ4n) is 2.35. The Morgan fingerprint density at radius 2 is 1.84 bits per heavy atom. The van der Waals surface area contributed by atoms with Crippen molar-refractivity contribution < 1.29 is 32.6 Å². The van der Waals surface area contributed by atoms with E-state index in [0.29, 0.717) is 0 Å². The number of alkyl halides is 3. The molecule has 0 saturated carbocycles. The first-order chi connectivity index (χ1) is 11.6. The van der Waals surface area contributed by atoms with E-state index in [0.717, 1.165) is 13.2 Å². The third-order valence-electron chi connectivity index (χ3n) is 3.55. The first-order valence-electron chi connectivity index (χ1n) is 7.77. The fourth-order valence-corrected chi connectivity index (χ4v) is 2.35.